The Morgan fingerprint density at radius 3 is 2.56 bits per heavy atom. The van der Waals surface area contributed by atoms with Crippen molar-refractivity contribution in [3.63, 3.8) is 0 Å². The maximum atomic E-state index is 12.3. The van der Waals surface area contributed by atoms with Gasteiger partial charge in [0.25, 0.3) is 0 Å². The van der Waals surface area contributed by atoms with Crippen LogP contribution in [0.4, 0.5) is 5.69 Å². The number of rotatable bonds is 5. The number of benzene rings is 2. The molecular formula is C26H20ClN3O3S. The van der Waals surface area contributed by atoms with Crippen molar-refractivity contribution in [3.05, 3.63) is 107 Å². The molecule has 3 heterocycles. The normalized spacial score (nSPS) is 17.5. The molecule has 6 nitrogen and oxygen atoms in total. The van der Waals surface area contributed by atoms with Gasteiger partial charge in [-0.2, -0.15) is 0 Å². The number of nitrogens with one attached hydrogen (secondary N) is 1. The van der Waals surface area contributed by atoms with Gasteiger partial charge in [-0.3, -0.25) is 4.98 Å². The largest absolute Gasteiger partial charge is 0.465 e. The van der Waals surface area contributed by atoms with Gasteiger partial charge in [-0.1, -0.05) is 35.9 Å². The lowest BCUT2D eigenvalue weighted by molar-refractivity contribution is 0.0601. The minimum atomic E-state index is -0.425. The lowest BCUT2D eigenvalue weighted by atomic mass is 10.0. The topological polar surface area (TPSA) is 67.6 Å². The van der Waals surface area contributed by atoms with Gasteiger partial charge in [-0.25, -0.2) is 4.79 Å². The van der Waals surface area contributed by atoms with E-state index in [1.807, 2.05) is 71.6 Å². The van der Waals surface area contributed by atoms with Gasteiger partial charge < -0.3 is 19.4 Å². The van der Waals surface area contributed by atoms with Crippen LogP contribution in [0.15, 0.2) is 89.5 Å². The van der Waals surface area contributed by atoms with Gasteiger partial charge in [0, 0.05) is 22.5 Å². The number of halogens is 1. The number of pyridine rings is 1. The molecule has 0 radical (unpaired) electrons. The van der Waals surface area contributed by atoms with Crippen molar-refractivity contribution >= 4 is 40.6 Å². The van der Waals surface area contributed by atoms with Gasteiger partial charge in [0.1, 0.15) is 17.6 Å². The van der Waals surface area contributed by atoms with E-state index in [1.165, 1.54) is 7.11 Å². The monoisotopic (exact) mass is 489 g/mol. The number of hydrogen-bond acceptors (Lipinski definition) is 5. The maximum absolute atomic E-state index is 12.3. The Kier molecular flexibility index (Phi) is 6.04. The van der Waals surface area contributed by atoms with E-state index in [1.54, 1.807) is 18.3 Å². The van der Waals surface area contributed by atoms with E-state index in [0.717, 1.165) is 11.4 Å². The number of hydrogen-bond donors (Lipinski definition) is 1. The molecule has 34 heavy (non-hydrogen) atoms. The minimum absolute atomic E-state index is 0.251. The average molecular weight is 490 g/mol. The summed E-state index contributed by atoms with van der Waals surface area (Å²) in [6.07, 6.45) is 1.75. The summed E-state index contributed by atoms with van der Waals surface area (Å²) in [6.45, 7) is 0. The number of furan rings is 1. The summed E-state index contributed by atoms with van der Waals surface area (Å²) < 4.78 is 11.3. The first-order chi connectivity index (χ1) is 16.6. The molecule has 0 bridgehead atoms. The highest BCUT2D eigenvalue weighted by Gasteiger charge is 2.42. The number of carbonyl (C=O) groups is 1. The summed E-state index contributed by atoms with van der Waals surface area (Å²) in [7, 11) is 1.36. The van der Waals surface area contributed by atoms with Gasteiger partial charge in [0.2, 0.25) is 0 Å². The number of nitrogens with zero attached hydrogens (tertiary/aromatic N) is 2. The molecule has 0 aliphatic carbocycles. The van der Waals surface area contributed by atoms with E-state index in [2.05, 4.69) is 10.3 Å². The smallest absolute Gasteiger partial charge is 0.338 e. The highest BCUT2D eigenvalue weighted by Crippen LogP contribution is 2.43. The van der Waals surface area contributed by atoms with Crippen LogP contribution in [0.5, 0.6) is 0 Å². The van der Waals surface area contributed by atoms with Gasteiger partial charge in [0.05, 0.1) is 24.4 Å². The van der Waals surface area contributed by atoms with Crippen LogP contribution in [0.2, 0.25) is 5.02 Å². The van der Waals surface area contributed by atoms with E-state index < -0.39 is 5.97 Å². The van der Waals surface area contributed by atoms with Crippen LogP contribution in [0.1, 0.15) is 33.9 Å². The molecule has 5 rings (SSSR count). The SMILES string of the molecule is COC(=O)c1ccccc1-c1ccc([C@@H]2[C@H](c3ccccn3)NC(=S)N2c2ccc(Cl)cc2)o1. The number of carbonyl (C=O) groups excluding carboxylic acids is 1. The number of ether oxygens (including phenoxy) is 1. The Morgan fingerprint density at radius 1 is 1.06 bits per heavy atom. The highest BCUT2D eigenvalue weighted by molar-refractivity contribution is 7.80. The van der Waals surface area contributed by atoms with Crippen LogP contribution in [-0.4, -0.2) is 23.2 Å². The third kappa shape index (κ3) is 4.04. The van der Waals surface area contributed by atoms with Crippen molar-refractivity contribution in [1.82, 2.24) is 10.3 Å². The van der Waals surface area contributed by atoms with Crippen molar-refractivity contribution in [1.29, 1.82) is 0 Å². The summed E-state index contributed by atoms with van der Waals surface area (Å²) in [4.78, 5) is 18.9. The second kappa shape index (κ2) is 9.29. The van der Waals surface area contributed by atoms with E-state index in [-0.39, 0.29) is 12.1 Å². The summed E-state index contributed by atoms with van der Waals surface area (Å²) in [5, 5.41) is 4.59. The van der Waals surface area contributed by atoms with Gasteiger partial charge in [-0.15, -0.1) is 0 Å². The zero-order valence-corrected chi connectivity index (χ0v) is 19.7. The molecule has 2 aromatic carbocycles. The van der Waals surface area contributed by atoms with Gasteiger partial charge in [0.15, 0.2) is 5.11 Å². The molecule has 8 heteroatoms. The molecule has 0 spiro atoms. The fraction of sp³-hybridized carbons (Fsp3) is 0.115. The molecule has 1 N–H and O–H groups in total. The first-order valence-corrected chi connectivity index (χ1v) is 11.4. The van der Waals surface area contributed by atoms with Crippen LogP contribution in [0.3, 0.4) is 0 Å². The molecule has 1 fully saturated rings. The van der Waals surface area contributed by atoms with E-state index in [9.17, 15) is 4.79 Å². The Balaban J connectivity index is 1.60. The second-order valence-corrected chi connectivity index (χ2v) is 8.54. The van der Waals surface area contributed by atoms with Crippen molar-refractivity contribution in [2.24, 2.45) is 0 Å². The number of methoxy groups -OCH3 is 1. The van der Waals surface area contributed by atoms with Crippen LogP contribution < -0.4 is 10.2 Å². The lowest BCUT2D eigenvalue weighted by Crippen LogP contribution is -2.29. The van der Waals surface area contributed by atoms with Gasteiger partial charge in [-0.05, 0) is 66.8 Å². The van der Waals surface area contributed by atoms with E-state index >= 15 is 0 Å². The minimum Gasteiger partial charge on any atom is -0.465 e. The van der Waals surface area contributed by atoms with Crippen LogP contribution in [0, 0.1) is 0 Å². The second-order valence-electron chi connectivity index (χ2n) is 7.71. The molecule has 0 amide bonds. The molecular weight excluding hydrogens is 470 g/mol. The molecule has 1 aliphatic heterocycles. The average Bonchev–Trinajstić information content (AvgIpc) is 3.49. The summed E-state index contributed by atoms with van der Waals surface area (Å²) in [5.41, 5.74) is 2.79. The standard InChI is InChI=1S/C26H20ClN3O3S/c1-32-25(31)19-7-3-2-6-18(19)21-13-14-22(33-21)24-23(20-8-4-5-15-28-20)29-26(34)30(24)17-11-9-16(27)10-12-17/h2-15,23-24H,1H3,(H,29,34)/t23-,24+/m0/s1. The third-order valence-electron chi connectivity index (χ3n) is 5.72. The summed E-state index contributed by atoms with van der Waals surface area (Å²) in [5.74, 6) is 0.809. The number of thiocarbonyl (C=S) groups is 1. The predicted molar refractivity (Wildman–Crippen MR) is 135 cm³/mol. The first kappa shape index (κ1) is 22.1. The highest BCUT2D eigenvalue weighted by atomic mass is 35.5. The summed E-state index contributed by atoms with van der Waals surface area (Å²) in [6, 6.07) is 23.6. The lowest BCUT2D eigenvalue weighted by Gasteiger charge is -2.26. The number of aromatic nitrogens is 1. The Labute approximate surface area is 207 Å². The molecule has 2 atom stereocenters. The first-order valence-electron chi connectivity index (χ1n) is 10.6. The molecule has 0 saturated carbocycles. The molecule has 1 aliphatic rings. The molecule has 4 aromatic rings. The van der Waals surface area contributed by atoms with Crippen molar-refractivity contribution < 1.29 is 13.9 Å². The molecule has 1 saturated heterocycles. The third-order valence-corrected chi connectivity index (χ3v) is 6.29. The van der Waals surface area contributed by atoms with Gasteiger partial charge >= 0.3 is 5.97 Å². The Bertz CT molecular complexity index is 1340. The fourth-order valence-electron chi connectivity index (χ4n) is 4.17. The zero-order chi connectivity index (χ0) is 23.7. The van der Waals surface area contributed by atoms with Crippen molar-refractivity contribution in [2.45, 2.75) is 12.1 Å². The Hall–Kier alpha value is -3.68. The molecule has 0 unspecified atom stereocenters. The van der Waals surface area contributed by atoms with E-state index in [4.69, 9.17) is 33.0 Å². The molecule has 170 valence electrons. The maximum Gasteiger partial charge on any atom is 0.338 e. The van der Waals surface area contributed by atoms with Crippen molar-refractivity contribution in [3.8, 4) is 11.3 Å². The van der Waals surface area contributed by atoms with E-state index in [0.29, 0.717) is 32.8 Å². The van der Waals surface area contributed by atoms with Crippen molar-refractivity contribution in [2.75, 3.05) is 12.0 Å². The van der Waals surface area contributed by atoms with Crippen LogP contribution in [0.25, 0.3) is 11.3 Å². The number of esters is 1. The fourth-order valence-corrected chi connectivity index (χ4v) is 4.64. The summed E-state index contributed by atoms with van der Waals surface area (Å²) >= 11 is 11.9. The number of anilines is 1. The Morgan fingerprint density at radius 2 is 1.82 bits per heavy atom. The van der Waals surface area contributed by atoms with Crippen LogP contribution in [-0.2, 0) is 4.74 Å². The van der Waals surface area contributed by atoms with Crippen LogP contribution >= 0.6 is 23.8 Å². The predicted octanol–water partition coefficient (Wildman–Crippen LogP) is 5.96. The molecule has 2 aromatic heterocycles. The quantitative estimate of drug-likeness (QED) is 0.274. The zero-order valence-electron chi connectivity index (χ0n) is 18.1.